The summed E-state index contributed by atoms with van der Waals surface area (Å²) in [4.78, 5) is 11.8. The predicted octanol–water partition coefficient (Wildman–Crippen LogP) is 5.00. The van der Waals surface area contributed by atoms with Gasteiger partial charge in [-0.15, -0.1) is 0 Å². The monoisotopic (exact) mass is 337 g/mol. The van der Waals surface area contributed by atoms with Crippen LogP contribution < -0.4 is 5.73 Å². The highest BCUT2D eigenvalue weighted by molar-refractivity contribution is 5.97. The van der Waals surface area contributed by atoms with Crippen molar-refractivity contribution in [1.29, 1.82) is 0 Å². The summed E-state index contributed by atoms with van der Waals surface area (Å²) in [6.45, 7) is 8.71. The molecule has 0 heterocycles. The molecule has 2 aromatic carbocycles. The van der Waals surface area contributed by atoms with Crippen molar-refractivity contribution in [3.63, 3.8) is 0 Å². The topological polar surface area (TPSA) is 52.3 Å². The van der Waals surface area contributed by atoms with Crippen LogP contribution in [0.4, 0.5) is 5.69 Å². The molecule has 0 radical (unpaired) electrons. The van der Waals surface area contributed by atoms with Crippen LogP contribution in [0.15, 0.2) is 48.0 Å². The molecule has 132 valence electrons. The second-order valence-corrected chi connectivity index (χ2v) is 7.41. The molecule has 0 unspecified atom stereocenters. The van der Waals surface area contributed by atoms with Gasteiger partial charge < -0.3 is 10.5 Å². The van der Waals surface area contributed by atoms with Crippen molar-refractivity contribution in [2.75, 3.05) is 12.8 Å². The third-order valence-corrected chi connectivity index (χ3v) is 4.25. The van der Waals surface area contributed by atoms with Crippen LogP contribution >= 0.6 is 0 Å². The highest BCUT2D eigenvalue weighted by Crippen LogP contribution is 2.24. The van der Waals surface area contributed by atoms with Crippen molar-refractivity contribution < 1.29 is 9.53 Å². The Bertz CT molecular complexity index is 781. The lowest BCUT2D eigenvalue weighted by molar-refractivity contribution is 0.0602. The van der Waals surface area contributed by atoms with Crippen molar-refractivity contribution in [3.8, 4) is 0 Å². The summed E-state index contributed by atoms with van der Waals surface area (Å²) in [5, 5.41) is 0. The molecule has 0 fully saturated rings. The van der Waals surface area contributed by atoms with E-state index in [9.17, 15) is 4.79 Å². The first kappa shape index (κ1) is 18.8. The standard InChI is InChI=1S/C22H27NO2/c1-15(13-16-9-11-18(12-10-16)22(2,3)4)14-17-7-6-8-19(20(17)23)21(24)25-5/h6-12,14H,13,23H2,1-5H3. The lowest BCUT2D eigenvalue weighted by atomic mass is 9.86. The van der Waals surface area contributed by atoms with Gasteiger partial charge in [0.2, 0.25) is 0 Å². The zero-order valence-corrected chi connectivity index (χ0v) is 15.7. The molecule has 0 amide bonds. The van der Waals surface area contributed by atoms with Crippen LogP contribution in [0.1, 0.15) is 54.7 Å². The normalized spacial score (nSPS) is 12.1. The van der Waals surface area contributed by atoms with Crippen LogP contribution in [0.25, 0.3) is 6.08 Å². The van der Waals surface area contributed by atoms with Gasteiger partial charge in [-0.25, -0.2) is 4.79 Å². The van der Waals surface area contributed by atoms with Crippen molar-refractivity contribution in [2.45, 2.75) is 39.5 Å². The average molecular weight is 337 g/mol. The zero-order chi connectivity index (χ0) is 18.6. The number of methoxy groups -OCH3 is 1. The number of carbonyl (C=O) groups excluding carboxylic acids is 1. The van der Waals surface area contributed by atoms with Gasteiger partial charge in [-0.1, -0.05) is 68.8 Å². The molecular weight excluding hydrogens is 310 g/mol. The van der Waals surface area contributed by atoms with Gasteiger partial charge in [-0.05, 0) is 41.5 Å². The number of nitrogens with two attached hydrogens (primary N) is 1. The number of ether oxygens (including phenoxy) is 1. The second-order valence-electron chi connectivity index (χ2n) is 7.41. The number of hydrogen-bond acceptors (Lipinski definition) is 3. The molecule has 3 heteroatoms. The molecule has 3 nitrogen and oxygen atoms in total. The molecule has 0 bridgehead atoms. The molecule has 0 aromatic heterocycles. The highest BCUT2D eigenvalue weighted by Gasteiger charge is 2.13. The minimum atomic E-state index is -0.414. The highest BCUT2D eigenvalue weighted by atomic mass is 16.5. The number of hydrogen-bond donors (Lipinski definition) is 1. The molecule has 0 saturated heterocycles. The zero-order valence-electron chi connectivity index (χ0n) is 15.7. The number of para-hydroxylation sites is 1. The number of anilines is 1. The maximum Gasteiger partial charge on any atom is 0.339 e. The van der Waals surface area contributed by atoms with Gasteiger partial charge in [0.05, 0.1) is 18.4 Å². The third kappa shape index (κ3) is 4.72. The molecular formula is C22H27NO2. The van der Waals surface area contributed by atoms with E-state index in [2.05, 4.69) is 52.0 Å². The van der Waals surface area contributed by atoms with Gasteiger partial charge in [0.25, 0.3) is 0 Å². The predicted molar refractivity (Wildman–Crippen MR) is 105 cm³/mol. The number of allylic oxidation sites excluding steroid dienone is 1. The quantitative estimate of drug-likeness (QED) is 0.631. The van der Waals surface area contributed by atoms with Crippen LogP contribution in [0, 0.1) is 0 Å². The number of carbonyl (C=O) groups is 1. The van der Waals surface area contributed by atoms with Gasteiger partial charge in [0, 0.05) is 0 Å². The molecule has 0 aliphatic heterocycles. The number of nitrogen functional groups attached to an aromatic ring is 1. The van der Waals surface area contributed by atoms with E-state index < -0.39 is 5.97 Å². The summed E-state index contributed by atoms with van der Waals surface area (Å²) in [7, 11) is 1.36. The first-order valence-electron chi connectivity index (χ1n) is 8.46. The molecule has 0 aliphatic carbocycles. The van der Waals surface area contributed by atoms with E-state index in [4.69, 9.17) is 10.5 Å². The van der Waals surface area contributed by atoms with E-state index in [0.717, 1.165) is 12.0 Å². The molecule has 0 spiro atoms. The fourth-order valence-corrected chi connectivity index (χ4v) is 2.76. The van der Waals surface area contributed by atoms with E-state index in [1.807, 2.05) is 18.2 Å². The van der Waals surface area contributed by atoms with Crippen LogP contribution in [-0.4, -0.2) is 13.1 Å². The second kappa shape index (κ2) is 7.56. The number of benzene rings is 2. The van der Waals surface area contributed by atoms with Gasteiger partial charge in [0.15, 0.2) is 0 Å². The summed E-state index contributed by atoms with van der Waals surface area (Å²) in [5.41, 5.74) is 11.7. The molecule has 0 saturated carbocycles. The Morgan fingerprint density at radius 3 is 2.32 bits per heavy atom. The van der Waals surface area contributed by atoms with Crippen LogP contribution in [0.5, 0.6) is 0 Å². The van der Waals surface area contributed by atoms with Gasteiger partial charge in [-0.3, -0.25) is 0 Å². The summed E-state index contributed by atoms with van der Waals surface area (Å²) in [6, 6.07) is 14.1. The SMILES string of the molecule is COC(=O)c1cccc(C=C(C)Cc2ccc(C(C)(C)C)cc2)c1N. The Balaban J connectivity index is 2.21. The molecule has 0 atom stereocenters. The van der Waals surface area contributed by atoms with Crippen molar-refractivity contribution in [2.24, 2.45) is 0 Å². The van der Waals surface area contributed by atoms with E-state index in [1.54, 1.807) is 6.07 Å². The van der Waals surface area contributed by atoms with E-state index >= 15 is 0 Å². The lowest BCUT2D eigenvalue weighted by Crippen LogP contribution is -2.10. The fraction of sp³-hybridized carbons (Fsp3) is 0.318. The molecule has 2 rings (SSSR count). The number of esters is 1. The molecule has 0 aliphatic rings. The molecule has 2 N–H and O–H groups in total. The van der Waals surface area contributed by atoms with E-state index in [-0.39, 0.29) is 5.41 Å². The summed E-state index contributed by atoms with van der Waals surface area (Å²) < 4.78 is 4.77. The Kier molecular flexibility index (Phi) is 5.68. The minimum Gasteiger partial charge on any atom is -0.465 e. The van der Waals surface area contributed by atoms with Gasteiger partial charge in [0.1, 0.15) is 0 Å². The smallest absolute Gasteiger partial charge is 0.339 e. The summed E-state index contributed by atoms with van der Waals surface area (Å²) in [6.07, 6.45) is 2.87. The third-order valence-electron chi connectivity index (χ3n) is 4.25. The maximum atomic E-state index is 11.8. The Morgan fingerprint density at radius 2 is 1.76 bits per heavy atom. The van der Waals surface area contributed by atoms with Crippen LogP contribution in [0.3, 0.4) is 0 Å². The lowest BCUT2D eigenvalue weighted by Gasteiger charge is -2.19. The average Bonchev–Trinajstić information content (AvgIpc) is 2.55. The molecule has 25 heavy (non-hydrogen) atoms. The Morgan fingerprint density at radius 1 is 1.12 bits per heavy atom. The van der Waals surface area contributed by atoms with E-state index in [0.29, 0.717) is 11.3 Å². The molecule has 2 aromatic rings. The Hall–Kier alpha value is -2.55. The van der Waals surface area contributed by atoms with Crippen molar-refractivity contribution in [3.05, 3.63) is 70.3 Å². The maximum absolute atomic E-state index is 11.8. The van der Waals surface area contributed by atoms with Crippen LogP contribution in [0.2, 0.25) is 0 Å². The van der Waals surface area contributed by atoms with Crippen LogP contribution in [-0.2, 0) is 16.6 Å². The number of rotatable bonds is 4. The van der Waals surface area contributed by atoms with E-state index in [1.165, 1.54) is 23.8 Å². The minimum absolute atomic E-state index is 0.159. The van der Waals surface area contributed by atoms with Crippen molar-refractivity contribution >= 4 is 17.7 Å². The summed E-state index contributed by atoms with van der Waals surface area (Å²) >= 11 is 0. The van der Waals surface area contributed by atoms with Gasteiger partial charge in [-0.2, -0.15) is 0 Å². The fourth-order valence-electron chi connectivity index (χ4n) is 2.76. The van der Waals surface area contributed by atoms with Gasteiger partial charge >= 0.3 is 5.97 Å². The Labute approximate surface area is 150 Å². The largest absolute Gasteiger partial charge is 0.465 e. The first-order valence-corrected chi connectivity index (χ1v) is 8.46. The van der Waals surface area contributed by atoms with Crippen molar-refractivity contribution in [1.82, 2.24) is 0 Å². The first-order chi connectivity index (χ1) is 11.7. The summed E-state index contributed by atoms with van der Waals surface area (Å²) in [5.74, 6) is -0.414.